The van der Waals surface area contributed by atoms with Gasteiger partial charge in [0.1, 0.15) is 23.6 Å². The Bertz CT molecular complexity index is 1050. The smallest absolute Gasteiger partial charge is 0.241 e. The molecule has 2 aromatic rings. The predicted octanol–water partition coefficient (Wildman–Crippen LogP) is 3.19. The molecule has 0 aliphatic carbocycles. The summed E-state index contributed by atoms with van der Waals surface area (Å²) in [5.41, 5.74) is 1.61. The number of methoxy groups -OCH3 is 1. The van der Waals surface area contributed by atoms with Crippen molar-refractivity contribution in [1.82, 2.24) is 5.32 Å². The van der Waals surface area contributed by atoms with E-state index < -0.39 is 15.6 Å². The third-order valence-electron chi connectivity index (χ3n) is 5.09. The van der Waals surface area contributed by atoms with Gasteiger partial charge in [0, 0.05) is 18.1 Å². The van der Waals surface area contributed by atoms with E-state index in [1.807, 2.05) is 45.0 Å². The fraction of sp³-hybridized carbons (Fsp3) is 0.409. The average molecular weight is 433 g/mol. The van der Waals surface area contributed by atoms with Gasteiger partial charge in [0.2, 0.25) is 15.9 Å². The molecule has 30 heavy (non-hydrogen) atoms. The van der Waals surface area contributed by atoms with Crippen LogP contribution in [-0.4, -0.2) is 39.8 Å². The molecule has 1 heterocycles. The van der Waals surface area contributed by atoms with Gasteiger partial charge in [-0.25, -0.2) is 8.42 Å². The molecular weight excluding hydrogens is 404 g/mol. The van der Waals surface area contributed by atoms with Crippen LogP contribution in [0.4, 0.5) is 5.69 Å². The number of hydrogen-bond donors (Lipinski definition) is 1. The molecule has 3 rings (SSSR count). The Kier molecular flexibility index (Phi) is 5.99. The SMILES string of the molecule is COc1ccc2c(c1)OC(C)(C)C[C@@H]2NC(=O)CN(c1ccccc1C)S(C)(=O)=O. The first kappa shape index (κ1) is 22.0. The second-order valence-corrected chi connectivity index (χ2v) is 10.1. The number of aryl methyl sites for hydroxylation is 1. The number of benzene rings is 2. The van der Waals surface area contributed by atoms with E-state index in [4.69, 9.17) is 9.47 Å². The largest absolute Gasteiger partial charge is 0.497 e. The van der Waals surface area contributed by atoms with Crippen LogP contribution in [0.25, 0.3) is 0 Å². The number of sulfonamides is 1. The Morgan fingerprint density at radius 2 is 1.97 bits per heavy atom. The Morgan fingerprint density at radius 1 is 1.27 bits per heavy atom. The molecule has 8 heteroatoms. The molecule has 2 aromatic carbocycles. The van der Waals surface area contributed by atoms with E-state index in [-0.39, 0.29) is 18.5 Å². The summed E-state index contributed by atoms with van der Waals surface area (Å²) in [6.45, 7) is 5.42. The number of ether oxygens (including phenoxy) is 2. The summed E-state index contributed by atoms with van der Waals surface area (Å²) in [4.78, 5) is 12.9. The zero-order valence-corrected chi connectivity index (χ0v) is 18.7. The number of nitrogens with zero attached hydrogens (tertiary/aromatic N) is 1. The van der Waals surface area contributed by atoms with Gasteiger partial charge in [-0.05, 0) is 44.5 Å². The van der Waals surface area contributed by atoms with E-state index in [9.17, 15) is 13.2 Å². The topological polar surface area (TPSA) is 84.9 Å². The number of anilines is 1. The van der Waals surface area contributed by atoms with Crippen LogP contribution in [0.2, 0.25) is 0 Å². The van der Waals surface area contributed by atoms with E-state index in [1.165, 1.54) is 0 Å². The number of carbonyl (C=O) groups excluding carboxylic acids is 1. The maximum absolute atomic E-state index is 12.9. The number of para-hydroxylation sites is 1. The lowest BCUT2D eigenvalue weighted by Gasteiger charge is -2.38. The molecule has 0 unspecified atom stereocenters. The normalized spacial score (nSPS) is 17.4. The van der Waals surface area contributed by atoms with Crippen molar-refractivity contribution in [3.8, 4) is 11.5 Å². The van der Waals surface area contributed by atoms with Gasteiger partial charge >= 0.3 is 0 Å². The number of rotatable bonds is 6. The summed E-state index contributed by atoms with van der Waals surface area (Å²) in [6.07, 6.45) is 1.66. The minimum Gasteiger partial charge on any atom is -0.497 e. The molecule has 0 saturated heterocycles. The van der Waals surface area contributed by atoms with E-state index in [0.29, 0.717) is 23.6 Å². The van der Waals surface area contributed by atoms with Gasteiger partial charge in [-0.2, -0.15) is 0 Å². The molecule has 0 radical (unpaired) electrons. The molecular formula is C22H28N2O5S. The number of carbonyl (C=O) groups is 1. The summed E-state index contributed by atoms with van der Waals surface area (Å²) >= 11 is 0. The van der Waals surface area contributed by atoms with Crippen LogP contribution >= 0.6 is 0 Å². The number of hydrogen-bond acceptors (Lipinski definition) is 5. The summed E-state index contributed by atoms with van der Waals surface area (Å²) in [5, 5.41) is 2.99. The first-order valence-corrected chi connectivity index (χ1v) is 11.5. The maximum atomic E-state index is 12.9. The summed E-state index contributed by atoms with van der Waals surface area (Å²) < 4.78 is 37.3. The quantitative estimate of drug-likeness (QED) is 0.758. The molecule has 7 nitrogen and oxygen atoms in total. The predicted molar refractivity (Wildman–Crippen MR) is 117 cm³/mol. The first-order valence-electron chi connectivity index (χ1n) is 9.70. The fourth-order valence-corrected chi connectivity index (χ4v) is 4.60. The van der Waals surface area contributed by atoms with Crippen LogP contribution in [0.3, 0.4) is 0 Å². The molecule has 162 valence electrons. The van der Waals surface area contributed by atoms with Crippen molar-refractivity contribution >= 4 is 21.6 Å². The monoisotopic (exact) mass is 432 g/mol. The van der Waals surface area contributed by atoms with Gasteiger partial charge in [0.05, 0.1) is 25.1 Å². The van der Waals surface area contributed by atoms with Gasteiger partial charge in [0.15, 0.2) is 0 Å². The molecule has 0 aromatic heterocycles. The maximum Gasteiger partial charge on any atom is 0.241 e. The van der Waals surface area contributed by atoms with Gasteiger partial charge in [-0.3, -0.25) is 9.10 Å². The van der Waals surface area contributed by atoms with Crippen molar-refractivity contribution in [2.45, 2.75) is 38.8 Å². The van der Waals surface area contributed by atoms with Crippen molar-refractivity contribution in [2.24, 2.45) is 0 Å². The molecule has 1 N–H and O–H groups in total. The number of amides is 1. The summed E-state index contributed by atoms with van der Waals surface area (Å²) in [5.74, 6) is 0.933. The number of fused-ring (bicyclic) bond motifs is 1. The van der Waals surface area contributed by atoms with Crippen molar-refractivity contribution < 1.29 is 22.7 Å². The Balaban J connectivity index is 1.85. The molecule has 0 saturated carbocycles. The Labute approximate surface area is 178 Å². The van der Waals surface area contributed by atoms with Crippen molar-refractivity contribution in [2.75, 3.05) is 24.2 Å². The minimum absolute atomic E-state index is 0.299. The zero-order chi connectivity index (χ0) is 22.1. The van der Waals surface area contributed by atoms with Gasteiger partial charge < -0.3 is 14.8 Å². The Morgan fingerprint density at radius 3 is 2.60 bits per heavy atom. The minimum atomic E-state index is -3.64. The number of nitrogens with one attached hydrogen (secondary N) is 1. The van der Waals surface area contributed by atoms with Crippen LogP contribution in [-0.2, 0) is 14.8 Å². The highest BCUT2D eigenvalue weighted by atomic mass is 32.2. The van der Waals surface area contributed by atoms with Crippen molar-refractivity contribution in [3.63, 3.8) is 0 Å². The molecule has 1 amide bonds. The standard InChI is InChI=1S/C22H28N2O5S/c1-15-8-6-7-9-19(15)24(30(5,26)27)14-21(25)23-18-13-22(2,3)29-20-12-16(28-4)10-11-17(18)20/h6-12,18H,13-14H2,1-5H3,(H,23,25)/t18-/m0/s1. The summed E-state index contributed by atoms with van der Waals surface area (Å²) in [7, 11) is -2.05. The van der Waals surface area contributed by atoms with E-state index >= 15 is 0 Å². The second kappa shape index (κ2) is 8.18. The van der Waals surface area contributed by atoms with Gasteiger partial charge in [-0.15, -0.1) is 0 Å². The van der Waals surface area contributed by atoms with Crippen LogP contribution in [0, 0.1) is 6.92 Å². The highest BCUT2D eigenvalue weighted by molar-refractivity contribution is 7.92. The first-order chi connectivity index (χ1) is 14.0. The Hall–Kier alpha value is -2.74. The molecule has 1 aliphatic heterocycles. The summed E-state index contributed by atoms with van der Waals surface area (Å²) in [6, 6.07) is 12.3. The van der Waals surface area contributed by atoms with Crippen LogP contribution in [0.1, 0.15) is 37.4 Å². The lowest BCUT2D eigenvalue weighted by atomic mass is 9.89. The second-order valence-electron chi connectivity index (χ2n) is 8.15. The fourth-order valence-electron chi connectivity index (χ4n) is 3.68. The average Bonchev–Trinajstić information content (AvgIpc) is 2.64. The van der Waals surface area contributed by atoms with E-state index in [0.717, 1.165) is 21.7 Å². The highest BCUT2D eigenvalue weighted by Gasteiger charge is 2.35. The molecule has 0 fully saturated rings. The third-order valence-corrected chi connectivity index (χ3v) is 6.21. The van der Waals surface area contributed by atoms with Gasteiger partial charge in [0.25, 0.3) is 0 Å². The molecule has 0 bridgehead atoms. The van der Waals surface area contributed by atoms with Crippen LogP contribution in [0.15, 0.2) is 42.5 Å². The zero-order valence-electron chi connectivity index (χ0n) is 17.9. The van der Waals surface area contributed by atoms with Crippen molar-refractivity contribution in [3.05, 3.63) is 53.6 Å². The molecule has 1 atom stereocenters. The van der Waals surface area contributed by atoms with Crippen molar-refractivity contribution in [1.29, 1.82) is 0 Å². The lowest BCUT2D eigenvalue weighted by molar-refractivity contribution is -0.120. The van der Waals surface area contributed by atoms with Crippen LogP contribution in [0.5, 0.6) is 11.5 Å². The third kappa shape index (κ3) is 4.87. The molecule has 1 aliphatic rings. The van der Waals surface area contributed by atoms with E-state index in [2.05, 4.69) is 5.32 Å². The van der Waals surface area contributed by atoms with Gasteiger partial charge in [-0.1, -0.05) is 18.2 Å². The highest BCUT2D eigenvalue weighted by Crippen LogP contribution is 2.41. The van der Waals surface area contributed by atoms with E-state index in [1.54, 1.807) is 25.3 Å². The molecule has 0 spiro atoms. The van der Waals surface area contributed by atoms with Crippen LogP contribution < -0.4 is 19.1 Å². The lowest BCUT2D eigenvalue weighted by Crippen LogP contribution is -2.45.